The van der Waals surface area contributed by atoms with Crippen LogP contribution in [0.3, 0.4) is 0 Å². The fourth-order valence-corrected chi connectivity index (χ4v) is 4.96. The molecule has 3 heteroatoms. The van der Waals surface area contributed by atoms with Gasteiger partial charge in [-0.3, -0.25) is 9.69 Å². The smallest absolute Gasteiger partial charge is 0.137 e. The summed E-state index contributed by atoms with van der Waals surface area (Å²) >= 11 is 0. The molecule has 0 amide bonds. The number of piperidine rings is 1. The number of aliphatic hydroxyl groups excluding tert-OH is 1. The molecule has 5 unspecified atom stereocenters. The molecule has 2 aliphatic heterocycles. The third-order valence-electron chi connectivity index (χ3n) is 6.20. The number of Topliss-reactive ketones (excluding diaryl/α,β-unsaturated/α-hetero) is 1. The van der Waals surface area contributed by atoms with E-state index in [0.29, 0.717) is 12.5 Å². The van der Waals surface area contributed by atoms with Gasteiger partial charge in [0.15, 0.2) is 0 Å². The summed E-state index contributed by atoms with van der Waals surface area (Å²) in [6, 6.07) is 15.3. The van der Waals surface area contributed by atoms with Gasteiger partial charge < -0.3 is 5.11 Å². The summed E-state index contributed by atoms with van der Waals surface area (Å²) in [5, 5.41) is 13.0. The van der Waals surface area contributed by atoms with Crippen LogP contribution >= 0.6 is 0 Å². The molecule has 2 aliphatic rings. The van der Waals surface area contributed by atoms with Crippen LogP contribution < -0.4 is 0 Å². The second kappa shape index (κ2) is 5.98. The van der Waals surface area contributed by atoms with Gasteiger partial charge in [0.05, 0.1) is 6.10 Å². The minimum absolute atomic E-state index is 0.0346. The van der Waals surface area contributed by atoms with Gasteiger partial charge in [-0.15, -0.1) is 0 Å². The van der Waals surface area contributed by atoms with E-state index < -0.39 is 0 Å². The van der Waals surface area contributed by atoms with Crippen molar-refractivity contribution >= 4 is 16.6 Å². The highest BCUT2D eigenvalue weighted by Crippen LogP contribution is 2.47. The number of hydrogen-bond donors (Lipinski definition) is 1. The minimum Gasteiger partial charge on any atom is -0.391 e. The highest BCUT2D eigenvalue weighted by molar-refractivity contribution is 5.85. The van der Waals surface area contributed by atoms with E-state index in [4.69, 9.17) is 0 Å². The molecule has 2 aromatic carbocycles. The summed E-state index contributed by atoms with van der Waals surface area (Å²) in [5.41, 5.74) is 1.25. The van der Waals surface area contributed by atoms with Gasteiger partial charge >= 0.3 is 0 Å². The lowest BCUT2D eigenvalue weighted by Crippen LogP contribution is -2.51. The minimum atomic E-state index is -0.383. The first-order valence-corrected chi connectivity index (χ1v) is 9.01. The fraction of sp³-hybridized carbons (Fsp3) is 0.476. The second-order valence-electron chi connectivity index (χ2n) is 7.41. The topological polar surface area (TPSA) is 40.5 Å². The standard InChI is InChI=1S/C21H25NO2/c1-3-18(23)20-17(11-16-12-19(24)21(20)22(16)2)15-9-8-13-6-4-5-7-14(13)10-15/h4-10,16-17,19-21,24H,3,11-12H2,1-2H3. The summed E-state index contributed by atoms with van der Waals surface area (Å²) in [7, 11) is 2.07. The number of likely N-dealkylation sites (N-methyl/N-ethyl adjacent to an activating group) is 1. The average molecular weight is 323 g/mol. The van der Waals surface area contributed by atoms with E-state index in [9.17, 15) is 9.90 Å². The van der Waals surface area contributed by atoms with Crippen LogP contribution in [-0.2, 0) is 4.79 Å². The molecular weight excluding hydrogens is 298 g/mol. The Morgan fingerprint density at radius 1 is 1.17 bits per heavy atom. The summed E-state index contributed by atoms with van der Waals surface area (Å²) < 4.78 is 0. The normalized spacial score (nSPS) is 33.0. The number of fused-ring (bicyclic) bond motifs is 3. The van der Waals surface area contributed by atoms with Gasteiger partial charge in [0, 0.05) is 24.4 Å². The molecular formula is C21H25NO2. The Bertz CT molecular complexity index is 771. The predicted molar refractivity (Wildman–Crippen MR) is 96.1 cm³/mol. The van der Waals surface area contributed by atoms with Gasteiger partial charge in [0.25, 0.3) is 0 Å². The van der Waals surface area contributed by atoms with Crippen molar-refractivity contribution in [2.24, 2.45) is 5.92 Å². The fourth-order valence-electron chi connectivity index (χ4n) is 4.96. The maximum Gasteiger partial charge on any atom is 0.137 e. The van der Waals surface area contributed by atoms with Gasteiger partial charge in [-0.05, 0) is 42.1 Å². The van der Waals surface area contributed by atoms with Crippen molar-refractivity contribution in [3.63, 3.8) is 0 Å². The molecule has 2 fully saturated rings. The Morgan fingerprint density at radius 2 is 1.92 bits per heavy atom. The molecule has 2 heterocycles. The highest BCUT2D eigenvalue weighted by Gasteiger charge is 2.52. The zero-order chi connectivity index (χ0) is 16.8. The lowest BCUT2D eigenvalue weighted by atomic mass is 9.73. The highest BCUT2D eigenvalue weighted by atomic mass is 16.3. The molecule has 24 heavy (non-hydrogen) atoms. The number of nitrogens with zero attached hydrogens (tertiary/aromatic N) is 1. The summed E-state index contributed by atoms with van der Waals surface area (Å²) in [6.45, 7) is 1.94. The summed E-state index contributed by atoms with van der Waals surface area (Å²) in [5.74, 6) is 0.393. The lowest BCUT2D eigenvalue weighted by Gasteiger charge is -2.43. The van der Waals surface area contributed by atoms with Crippen LogP contribution in [0.5, 0.6) is 0 Å². The SMILES string of the molecule is CCC(=O)C1C(c2ccc3ccccc3c2)CC2CC(O)C1N2C. The maximum atomic E-state index is 12.8. The molecule has 0 radical (unpaired) electrons. The van der Waals surface area contributed by atoms with Crippen LogP contribution in [0.1, 0.15) is 37.7 Å². The molecule has 1 N–H and O–H groups in total. The van der Waals surface area contributed by atoms with Crippen molar-refractivity contribution < 1.29 is 9.90 Å². The van der Waals surface area contributed by atoms with Crippen LogP contribution in [0.15, 0.2) is 42.5 Å². The zero-order valence-electron chi connectivity index (χ0n) is 14.4. The van der Waals surface area contributed by atoms with Gasteiger partial charge in [0.1, 0.15) is 5.78 Å². The van der Waals surface area contributed by atoms with Crippen molar-refractivity contribution in [2.75, 3.05) is 7.05 Å². The summed E-state index contributed by atoms with van der Waals surface area (Å²) in [4.78, 5) is 15.0. The van der Waals surface area contributed by atoms with Crippen molar-refractivity contribution in [3.8, 4) is 0 Å². The lowest BCUT2D eigenvalue weighted by molar-refractivity contribution is -0.128. The van der Waals surface area contributed by atoms with Crippen molar-refractivity contribution in [3.05, 3.63) is 48.0 Å². The zero-order valence-corrected chi connectivity index (χ0v) is 14.4. The largest absolute Gasteiger partial charge is 0.391 e. The van der Waals surface area contributed by atoms with Crippen LogP contribution in [-0.4, -0.2) is 41.0 Å². The Labute approximate surface area is 143 Å². The Hall–Kier alpha value is -1.71. The monoisotopic (exact) mass is 323 g/mol. The van der Waals surface area contributed by atoms with Crippen LogP contribution in [0.4, 0.5) is 0 Å². The second-order valence-corrected chi connectivity index (χ2v) is 7.41. The number of carbonyl (C=O) groups excluding carboxylic acids is 1. The first-order valence-electron chi connectivity index (χ1n) is 9.01. The van der Waals surface area contributed by atoms with E-state index in [0.717, 1.165) is 12.8 Å². The van der Waals surface area contributed by atoms with Crippen molar-refractivity contribution in [2.45, 2.75) is 50.3 Å². The first kappa shape index (κ1) is 15.8. The van der Waals surface area contributed by atoms with Crippen molar-refractivity contribution in [1.29, 1.82) is 0 Å². The van der Waals surface area contributed by atoms with Crippen LogP contribution in [0.25, 0.3) is 10.8 Å². The number of benzene rings is 2. The molecule has 0 saturated carbocycles. The van der Waals surface area contributed by atoms with Crippen molar-refractivity contribution in [1.82, 2.24) is 4.90 Å². The Balaban J connectivity index is 1.78. The molecule has 3 nitrogen and oxygen atoms in total. The Morgan fingerprint density at radius 3 is 2.67 bits per heavy atom. The number of carbonyl (C=O) groups is 1. The van der Waals surface area contributed by atoms with E-state index in [-0.39, 0.29) is 29.8 Å². The third kappa shape index (κ3) is 2.38. The molecule has 0 spiro atoms. The molecule has 0 aromatic heterocycles. The van der Waals surface area contributed by atoms with E-state index in [1.54, 1.807) is 0 Å². The van der Waals surface area contributed by atoms with Gasteiger partial charge in [0.2, 0.25) is 0 Å². The quantitative estimate of drug-likeness (QED) is 0.941. The van der Waals surface area contributed by atoms with Gasteiger partial charge in [-0.1, -0.05) is 49.4 Å². The Kier molecular flexibility index (Phi) is 3.93. The van der Waals surface area contributed by atoms with Gasteiger partial charge in [-0.25, -0.2) is 0 Å². The molecule has 126 valence electrons. The maximum absolute atomic E-state index is 12.8. The number of hydrogen-bond acceptors (Lipinski definition) is 3. The average Bonchev–Trinajstić information content (AvgIpc) is 2.79. The molecule has 0 aliphatic carbocycles. The van der Waals surface area contributed by atoms with Gasteiger partial charge in [-0.2, -0.15) is 0 Å². The summed E-state index contributed by atoms with van der Waals surface area (Å²) in [6.07, 6.45) is 1.90. The first-order chi connectivity index (χ1) is 11.6. The van der Waals surface area contributed by atoms with Crippen LogP contribution in [0, 0.1) is 5.92 Å². The van der Waals surface area contributed by atoms with E-state index in [2.05, 4.69) is 54.4 Å². The van der Waals surface area contributed by atoms with E-state index in [1.807, 2.05) is 6.92 Å². The number of ketones is 1. The molecule has 5 atom stereocenters. The molecule has 2 bridgehead atoms. The number of aliphatic hydroxyl groups is 1. The number of rotatable bonds is 3. The van der Waals surface area contributed by atoms with Crippen LogP contribution in [0.2, 0.25) is 0 Å². The molecule has 4 rings (SSSR count). The third-order valence-corrected chi connectivity index (χ3v) is 6.20. The molecule has 2 saturated heterocycles. The molecule has 2 aromatic rings. The van der Waals surface area contributed by atoms with E-state index in [1.165, 1.54) is 16.3 Å². The predicted octanol–water partition coefficient (Wildman–Crippen LogP) is 3.36. The van der Waals surface area contributed by atoms with E-state index >= 15 is 0 Å².